The van der Waals surface area contributed by atoms with Crippen LogP contribution in [0.5, 0.6) is 0 Å². The lowest BCUT2D eigenvalue weighted by Crippen LogP contribution is -2.01. The number of allylic oxidation sites excluding steroid dienone is 1. The first-order chi connectivity index (χ1) is 10.5. The van der Waals surface area contributed by atoms with E-state index >= 15 is 0 Å². The van der Waals surface area contributed by atoms with E-state index in [1.807, 2.05) is 6.07 Å². The molecule has 22 heavy (non-hydrogen) atoms. The van der Waals surface area contributed by atoms with Gasteiger partial charge in [0, 0.05) is 17.2 Å². The topological polar surface area (TPSA) is 103 Å². The highest BCUT2D eigenvalue weighted by molar-refractivity contribution is 7.95. The Morgan fingerprint density at radius 3 is 2.86 bits per heavy atom. The first kappa shape index (κ1) is 13.0. The van der Waals surface area contributed by atoms with Gasteiger partial charge in [-0.05, 0) is 35.8 Å². The second kappa shape index (κ2) is 4.14. The van der Waals surface area contributed by atoms with Crippen molar-refractivity contribution >= 4 is 27.0 Å². The summed E-state index contributed by atoms with van der Waals surface area (Å²) in [4.78, 5) is 4.45. The fourth-order valence-corrected chi connectivity index (χ4v) is 4.16. The molecule has 3 aromatic rings. The lowest BCUT2D eigenvalue weighted by Gasteiger charge is -2.07. The number of rotatable bonds is 1. The predicted octanol–water partition coefficient (Wildman–Crippen LogP) is 1.52. The van der Waals surface area contributed by atoms with Crippen molar-refractivity contribution in [2.75, 3.05) is 5.73 Å². The van der Waals surface area contributed by atoms with E-state index < -0.39 is 9.84 Å². The number of aromatic nitrogens is 4. The maximum absolute atomic E-state index is 12.0. The third kappa shape index (κ3) is 1.67. The number of sulfone groups is 1. The summed E-state index contributed by atoms with van der Waals surface area (Å²) in [6.45, 7) is 1.78. The summed E-state index contributed by atoms with van der Waals surface area (Å²) in [6.07, 6.45) is 3.10. The van der Waals surface area contributed by atoms with Crippen LogP contribution in [-0.4, -0.2) is 28.0 Å². The minimum atomic E-state index is -3.32. The number of fused-ring (bicyclic) bond motifs is 2. The number of benzene rings is 1. The third-order valence-corrected chi connectivity index (χ3v) is 5.35. The Labute approximate surface area is 126 Å². The molecule has 0 bridgehead atoms. The van der Waals surface area contributed by atoms with Crippen molar-refractivity contribution in [1.82, 2.24) is 19.6 Å². The van der Waals surface area contributed by atoms with Crippen LogP contribution in [0.4, 0.5) is 5.95 Å². The van der Waals surface area contributed by atoms with Gasteiger partial charge in [-0.2, -0.15) is 0 Å². The van der Waals surface area contributed by atoms with Crippen LogP contribution in [0.15, 0.2) is 41.0 Å². The molecule has 3 heterocycles. The highest BCUT2D eigenvalue weighted by Gasteiger charge is 2.25. The molecule has 7 nitrogen and oxygen atoms in total. The second-order valence-corrected chi connectivity index (χ2v) is 6.88. The van der Waals surface area contributed by atoms with Crippen molar-refractivity contribution < 1.29 is 8.42 Å². The summed E-state index contributed by atoms with van der Waals surface area (Å²) in [7, 11) is -3.32. The molecule has 2 aromatic heterocycles. The first-order valence-corrected chi connectivity index (χ1v) is 8.04. The van der Waals surface area contributed by atoms with Crippen molar-refractivity contribution in [3.63, 3.8) is 0 Å². The zero-order valence-electron chi connectivity index (χ0n) is 11.6. The molecule has 0 radical (unpaired) electrons. The normalized spacial score (nSPS) is 15.8. The molecule has 0 atom stereocenters. The summed E-state index contributed by atoms with van der Waals surface area (Å²) in [5.74, 6) is 0.295. The smallest absolute Gasteiger partial charge is 0.207 e. The number of nitrogen functional groups attached to an aromatic ring is 1. The number of nitrogens with zero attached hydrogens (tertiary/aromatic N) is 4. The molecule has 4 rings (SSSR count). The zero-order chi connectivity index (χ0) is 15.5. The molecule has 1 aromatic carbocycles. The minimum Gasteiger partial charge on any atom is -0.369 e. The van der Waals surface area contributed by atoms with Gasteiger partial charge in [-0.3, -0.25) is 4.40 Å². The van der Waals surface area contributed by atoms with Crippen LogP contribution >= 0.6 is 0 Å². The fourth-order valence-electron chi connectivity index (χ4n) is 2.65. The molecule has 0 spiro atoms. The highest BCUT2D eigenvalue weighted by atomic mass is 32.2. The number of hydrogen-bond donors (Lipinski definition) is 1. The highest BCUT2D eigenvalue weighted by Crippen LogP contribution is 2.36. The van der Waals surface area contributed by atoms with Crippen molar-refractivity contribution in [2.45, 2.75) is 11.8 Å². The van der Waals surface area contributed by atoms with Gasteiger partial charge in [0.25, 0.3) is 0 Å². The summed E-state index contributed by atoms with van der Waals surface area (Å²) in [5, 5.41) is 9.19. The van der Waals surface area contributed by atoms with E-state index in [1.54, 1.807) is 29.7 Å². The molecule has 0 fully saturated rings. The van der Waals surface area contributed by atoms with Crippen molar-refractivity contribution in [2.24, 2.45) is 0 Å². The zero-order valence-corrected chi connectivity index (χ0v) is 12.4. The van der Waals surface area contributed by atoms with Gasteiger partial charge in [0.1, 0.15) is 6.33 Å². The number of anilines is 1. The fraction of sp³-hybridized carbons (Fsp3) is 0.0714. The lowest BCUT2D eigenvalue weighted by molar-refractivity contribution is 0.605. The summed E-state index contributed by atoms with van der Waals surface area (Å²) in [5.41, 5.74) is 9.33. The summed E-state index contributed by atoms with van der Waals surface area (Å²) in [6, 6.07) is 5.18. The molecule has 8 heteroatoms. The lowest BCUT2D eigenvalue weighted by atomic mass is 10.0. The Morgan fingerprint density at radius 1 is 1.23 bits per heavy atom. The first-order valence-electron chi connectivity index (χ1n) is 6.50. The maximum atomic E-state index is 12.0. The SMILES string of the molecule is CC1=CS(=O)(=O)c2ccc(-c3cnc(N)n4cnnc34)cc21. The Balaban J connectivity index is 1.99. The maximum Gasteiger partial charge on any atom is 0.207 e. The Kier molecular flexibility index (Phi) is 2.44. The molecular formula is C14H11N5O2S. The minimum absolute atomic E-state index is 0.295. The third-order valence-electron chi connectivity index (χ3n) is 3.72. The molecule has 1 aliphatic heterocycles. The van der Waals surface area contributed by atoms with Crippen LogP contribution in [0.2, 0.25) is 0 Å². The predicted molar refractivity (Wildman–Crippen MR) is 81.5 cm³/mol. The molecule has 0 saturated heterocycles. The number of nitrogens with two attached hydrogens (primary N) is 1. The van der Waals surface area contributed by atoms with E-state index in [-0.39, 0.29) is 0 Å². The van der Waals surface area contributed by atoms with Gasteiger partial charge < -0.3 is 5.73 Å². The van der Waals surface area contributed by atoms with Gasteiger partial charge in [0.15, 0.2) is 5.65 Å². The monoisotopic (exact) mass is 313 g/mol. The van der Waals surface area contributed by atoms with E-state index in [2.05, 4.69) is 15.2 Å². The van der Waals surface area contributed by atoms with Crippen LogP contribution in [0.3, 0.4) is 0 Å². The van der Waals surface area contributed by atoms with Gasteiger partial charge in [-0.1, -0.05) is 6.07 Å². The van der Waals surface area contributed by atoms with E-state index in [4.69, 9.17) is 5.73 Å². The van der Waals surface area contributed by atoms with Crippen LogP contribution in [0.25, 0.3) is 22.3 Å². The molecule has 0 aliphatic carbocycles. The largest absolute Gasteiger partial charge is 0.369 e. The molecule has 1 aliphatic rings. The Morgan fingerprint density at radius 2 is 2.05 bits per heavy atom. The summed E-state index contributed by atoms with van der Waals surface area (Å²) < 4.78 is 25.6. The van der Waals surface area contributed by atoms with Crippen LogP contribution in [0, 0.1) is 0 Å². The average Bonchev–Trinajstić information content (AvgIpc) is 3.04. The number of hydrogen-bond acceptors (Lipinski definition) is 6. The molecule has 0 unspecified atom stereocenters. The van der Waals surface area contributed by atoms with Crippen LogP contribution < -0.4 is 5.73 Å². The van der Waals surface area contributed by atoms with Gasteiger partial charge in [0.2, 0.25) is 15.8 Å². The average molecular weight is 313 g/mol. The van der Waals surface area contributed by atoms with Gasteiger partial charge >= 0.3 is 0 Å². The van der Waals surface area contributed by atoms with E-state index in [0.29, 0.717) is 22.1 Å². The molecule has 0 saturated carbocycles. The van der Waals surface area contributed by atoms with Crippen molar-refractivity contribution in [3.8, 4) is 11.1 Å². The Hall–Kier alpha value is -2.74. The van der Waals surface area contributed by atoms with Crippen LogP contribution in [0.1, 0.15) is 12.5 Å². The van der Waals surface area contributed by atoms with Crippen LogP contribution in [-0.2, 0) is 9.84 Å². The van der Waals surface area contributed by atoms with Gasteiger partial charge in [-0.25, -0.2) is 13.4 Å². The molecule has 110 valence electrons. The van der Waals surface area contributed by atoms with Gasteiger partial charge in [0.05, 0.1) is 4.90 Å². The molecule has 0 amide bonds. The van der Waals surface area contributed by atoms with Gasteiger partial charge in [-0.15, -0.1) is 10.2 Å². The summed E-state index contributed by atoms with van der Waals surface area (Å²) >= 11 is 0. The standard InChI is InChI=1S/C14H11N5O2S/c1-8-6-22(20,21)12-3-2-9(4-10(8)12)11-5-16-14(15)19-7-17-18-13(11)19/h2-7H,1H3,(H2,15,16). The van der Waals surface area contributed by atoms with E-state index in [9.17, 15) is 8.42 Å². The van der Waals surface area contributed by atoms with E-state index in [1.165, 1.54) is 11.7 Å². The molecule has 2 N–H and O–H groups in total. The second-order valence-electron chi connectivity index (χ2n) is 5.11. The molecular weight excluding hydrogens is 302 g/mol. The van der Waals surface area contributed by atoms with Crippen molar-refractivity contribution in [1.29, 1.82) is 0 Å². The van der Waals surface area contributed by atoms with Crippen molar-refractivity contribution in [3.05, 3.63) is 41.7 Å². The van der Waals surface area contributed by atoms with E-state index in [0.717, 1.165) is 16.7 Å². The quantitative estimate of drug-likeness (QED) is 0.730. The Bertz CT molecular complexity index is 1070.